The van der Waals surface area contributed by atoms with Gasteiger partial charge < -0.3 is 53.3 Å². The number of aliphatic hydroxyl groups is 1. The highest BCUT2D eigenvalue weighted by Gasteiger charge is 2.34. The van der Waals surface area contributed by atoms with E-state index in [-0.39, 0.29) is 6.54 Å². The Hall–Kier alpha value is -3.63. The van der Waals surface area contributed by atoms with Gasteiger partial charge in [-0.15, -0.1) is 0 Å². The number of carbonyl (C=O) groups is 7. The van der Waals surface area contributed by atoms with Crippen LogP contribution in [0.4, 0.5) is 0 Å². The molecule has 1 rings (SSSR count). The van der Waals surface area contributed by atoms with Crippen LogP contribution in [0, 0.1) is 0 Å². The third-order valence-electron chi connectivity index (χ3n) is 5.77. The number of hydrogen-bond acceptors (Lipinski definition) is 10. The summed E-state index contributed by atoms with van der Waals surface area (Å²) in [7, 11) is 0. The Bertz CT molecular complexity index is 870. The molecule has 16 heteroatoms. The zero-order valence-corrected chi connectivity index (χ0v) is 21.1. The lowest BCUT2D eigenvalue weighted by atomic mass is 10.1. The first-order chi connectivity index (χ1) is 18.0. The molecule has 0 spiro atoms. The molecule has 0 aromatic heterocycles. The maximum atomic E-state index is 12.5. The van der Waals surface area contributed by atoms with Crippen molar-refractivity contribution in [1.82, 2.24) is 26.2 Å². The van der Waals surface area contributed by atoms with Crippen molar-refractivity contribution in [1.29, 1.82) is 0 Å². The molecule has 38 heavy (non-hydrogen) atoms. The molecule has 16 nitrogen and oxygen atoms in total. The molecule has 1 fully saturated rings. The number of nitrogens with zero attached hydrogens (tertiary/aromatic N) is 1. The Labute approximate surface area is 219 Å². The molecule has 1 aliphatic rings. The molecule has 0 aliphatic carbocycles. The van der Waals surface area contributed by atoms with Crippen molar-refractivity contribution in [3.63, 3.8) is 0 Å². The van der Waals surface area contributed by atoms with Gasteiger partial charge in [-0.25, -0.2) is 0 Å². The van der Waals surface area contributed by atoms with E-state index in [9.17, 15) is 33.6 Å². The lowest BCUT2D eigenvalue weighted by molar-refractivity contribution is -0.139. The standard InChI is InChI=1S/C22H38N8O8/c23-6-2-1-4-14(24)20(36)29-15(8-17(25)33)21(37)27-9-18(34)26-10-19(35)30-7-3-5-16(30)22(38)28-13(11-31)12-32/h11,13-16,32H,1-10,12,23-24H2,(H2,25,33)(H,26,34)(H,27,37)(H,28,38)(H,29,36)/t13-,14+,15+,16+/m1/s1. The van der Waals surface area contributed by atoms with Gasteiger partial charge in [0.05, 0.1) is 32.2 Å². The van der Waals surface area contributed by atoms with Gasteiger partial charge in [-0.05, 0) is 32.2 Å². The highest BCUT2D eigenvalue weighted by atomic mass is 16.3. The minimum Gasteiger partial charge on any atom is -0.394 e. The number of aldehydes is 1. The fraction of sp³-hybridized carbons (Fsp3) is 0.682. The molecule has 4 atom stereocenters. The van der Waals surface area contributed by atoms with Gasteiger partial charge >= 0.3 is 0 Å². The quantitative estimate of drug-likeness (QED) is 0.0638. The zero-order chi connectivity index (χ0) is 28.7. The molecule has 0 aromatic rings. The topological polar surface area (TPSA) is 269 Å². The van der Waals surface area contributed by atoms with Crippen LogP contribution in [0.1, 0.15) is 38.5 Å². The molecule has 6 amide bonds. The number of rotatable bonds is 17. The first kappa shape index (κ1) is 32.4. The van der Waals surface area contributed by atoms with Crippen molar-refractivity contribution >= 4 is 41.7 Å². The minimum atomic E-state index is -1.35. The normalized spacial score (nSPS) is 17.0. The number of primary amides is 1. The van der Waals surface area contributed by atoms with Crippen LogP contribution in [0.5, 0.6) is 0 Å². The first-order valence-electron chi connectivity index (χ1n) is 12.3. The van der Waals surface area contributed by atoms with Gasteiger partial charge in [0.25, 0.3) is 0 Å². The molecule has 0 radical (unpaired) electrons. The maximum Gasteiger partial charge on any atom is 0.243 e. The zero-order valence-electron chi connectivity index (χ0n) is 21.1. The van der Waals surface area contributed by atoms with E-state index in [4.69, 9.17) is 22.3 Å². The van der Waals surface area contributed by atoms with E-state index >= 15 is 0 Å². The number of nitrogens with two attached hydrogens (primary N) is 3. The average molecular weight is 543 g/mol. The third kappa shape index (κ3) is 11.2. The number of amides is 6. The summed E-state index contributed by atoms with van der Waals surface area (Å²) in [6.07, 6.45) is 2.33. The van der Waals surface area contributed by atoms with Crippen LogP contribution in [0.3, 0.4) is 0 Å². The molecule has 214 valence electrons. The van der Waals surface area contributed by atoms with Crippen molar-refractivity contribution in [2.75, 3.05) is 32.8 Å². The smallest absolute Gasteiger partial charge is 0.243 e. The van der Waals surface area contributed by atoms with Crippen LogP contribution in [-0.2, 0) is 33.6 Å². The van der Waals surface area contributed by atoms with Gasteiger partial charge in [0.2, 0.25) is 35.4 Å². The lowest BCUT2D eigenvalue weighted by Gasteiger charge is -2.25. The molecule has 0 saturated carbocycles. The number of aliphatic hydroxyl groups excluding tert-OH is 1. The predicted octanol–water partition coefficient (Wildman–Crippen LogP) is -5.30. The largest absolute Gasteiger partial charge is 0.394 e. The van der Waals surface area contributed by atoms with E-state index in [0.29, 0.717) is 44.9 Å². The molecular formula is C22H38N8O8. The van der Waals surface area contributed by atoms with Crippen molar-refractivity contribution in [2.45, 2.75) is 62.7 Å². The number of nitrogens with one attached hydrogen (secondary N) is 4. The van der Waals surface area contributed by atoms with E-state index in [1.54, 1.807) is 0 Å². The van der Waals surface area contributed by atoms with Crippen LogP contribution < -0.4 is 38.5 Å². The maximum absolute atomic E-state index is 12.5. The molecule has 0 unspecified atom stereocenters. The fourth-order valence-electron chi connectivity index (χ4n) is 3.70. The van der Waals surface area contributed by atoms with Crippen molar-refractivity contribution in [3.8, 4) is 0 Å². The summed E-state index contributed by atoms with van der Waals surface area (Å²) in [5, 5.41) is 18.3. The van der Waals surface area contributed by atoms with Crippen LogP contribution in [0.2, 0.25) is 0 Å². The first-order valence-corrected chi connectivity index (χ1v) is 12.3. The van der Waals surface area contributed by atoms with Crippen LogP contribution in [-0.4, -0.2) is 109 Å². The summed E-state index contributed by atoms with van der Waals surface area (Å²) in [4.78, 5) is 85.2. The molecule has 1 heterocycles. The lowest BCUT2D eigenvalue weighted by Crippen LogP contribution is -2.54. The number of hydrogen-bond donors (Lipinski definition) is 8. The molecule has 0 aromatic carbocycles. The summed E-state index contributed by atoms with van der Waals surface area (Å²) in [5.41, 5.74) is 16.4. The van der Waals surface area contributed by atoms with Gasteiger partial charge in [0, 0.05) is 6.54 Å². The number of unbranched alkanes of at least 4 members (excludes halogenated alkanes) is 1. The van der Waals surface area contributed by atoms with Gasteiger partial charge in [-0.1, -0.05) is 6.42 Å². The Morgan fingerprint density at radius 1 is 1.03 bits per heavy atom. The Morgan fingerprint density at radius 2 is 1.74 bits per heavy atom. The minimum absolute atomic E-state index is 0.261. The molecular weight excluding hydrogens is 504 g/mol. The van der Waals surface area contributed by atoms with E-state index < -0.39 is 85.7 Å². The third-order valence-corrected chi connectivity index (χ3v) is 5.77. The fourth-order valence-corrected chi connectivity index (χ4v) is 3.70. The molecule has 0 bridgehead atoms. The van der Waals surface area contributed by atoms with Crippen LogP contribution in [0.15, 0.2) is 0 Å². The van der Waals surface area contributed by atoms with Crippen molar-refractivity contribution in [3.05, 3.63) is 0 Å². The SMILES string of the molecule is NCCCC[C@H](N)C(=O)N[C@@H](CC(N)=O)C(=O)NCC(=O)NCC(=O)N1CCC[C@H]1C(=O)N[C@H](C=O)CO. The van der Waals surface area contributed by atoms with Gasteiger partial charge in [0.15, 0.2) is 0 Å². The highest BCUT2D eigenvalue weighted by molar-refractivity contribution is 5.95. The Morgan fingerprint density at radius 3 is 2.34 bits per heavy atom. The van der Waals surface area contributed by atoms with Crippen molar-refractivity contribution < 1.29 is 38.7 Å². The van der Waals surface area contributed by atoms with Crippen molar-refractivity contribution in [2.24, 2.45) is 17.2 Å². The van der Waals surface area contributed by atoms with Gasteiger partial charge in [-0.3, -0.25) is 28.8 Å². The summed E-state index contributed by atoms with van der Waals surface area (Å²) in [6.45, 7) is -0.911. The summed E-state index contributed by atoms with van der Waals surface area (Å²) in [5.74, 6) is -4.27. The van der Waals surface area contributed by atoms with E-state index in [2.05, 4.69) is 21.3 Å². The van der Waals surface area contributed by atoms with E-state index in [1.165, 1.54) is 4.90 Å². The molecule has 1 saturated heterocycles. The van der Waals surface area contributed by atoms with Gasteiger partial charge in [0.1, 0.15) is 24.4 Å². The molecule has 11 N–H and O–H groups in total. The average Bonchev–Trinajstić information content (AvgIpc) is 3.38. The van der Waals surface area contributed by atoms with Crippen LogP contribution in [0.25, 0.3) is 0 Å². The monoisotopic (exact) mass is 542 g/mol. The van der Waals surface area contributed by atoms with E-state index in [1.807, 2.05) is 0 Å². The second-order valence-electron chi connectivity index (χ2n) is 8.80. The van der Waals surface area contributed by atoms with Gasteiger partial charge in [-0.2, -0.15) is 0 Å². The summed E-state index contributed by atoms with van der Waals surface area (Å²) in [6, 6.07) is -4.22. The second kappa shape index (κ2) is 17.0. The Kier molecular flexibility index (Phi) is 14.5. The van der Waals surface area contributed by atoms with E-state index in [0.717, 1.165) is 0 Å². The second-order valence-corrected chi connectivity index (χ2v) is 8.80. The summed E-state index contributed by atoms with van der Waals surface area (Å²) >= 11 is 0. The highest BCUT2D eigenvalue weighted by Crippen LogP contribution is 2.17. The Balaban J connectivity index is 2.56. The number of likely N-dealkylation sites (tertiary alicyclic amines) is 1. The number of carbonyl (C=O) groups excluding carboxylic acids is 7. The predicted molar refractivity (Wildman–Crippen MR) is 132 cm³/mol. The van der Waals surface area contributed by atoms with Crippen LogP contribution >= 0.6 is 0 Å². The summed E-state index contributed by atoms with van der Waals surface area (Å²) < 4.78 is 0. The molecule has 1 aliphatic heterocycles.